The molecule has 2 atom stereocenters. The molecular formula is C17H28N4O. The zero-order chi connectivity index (χ0) is 15.7. The third-order valence-electron chi connectivity index (χ3n) is 5.14. The molecule has 1 aromatic heterocycles. The SMILES string of the molecule is Cc1cc(C)n(C[C@H]2CCCCN2C(=O)[C@H]2CCN(C)C2)n1. The van der Waals surface area contributed by atoms with Gasteiger partial charge in [-0.2, -0.15) is 5.10 Å². The van der Waals surface area contributed by atoms with Crippen LogP contribution in [0.5, 0.6) is 0 Å². The zero-order valence-corrected chi connectivity index (χ0v) is 14.1. The van der Waals surface area contributed by atoms with Crippen LogP contribution in [0.25, 0.3) is 0 Å². The molecule has 1 aromatic rings. The second-order valence-electron chi connectivity index (χ2n) is 7.04. The fraction of sp³-hybridized carbons (Fsp3) is 0.765. The van der Waals surface area contributed by atoms with E-state index in [1.807, 2.05) is 6.92 Å². The first-order valence-corrected chi connectivity index (χ1v) is 8.54. The first-order chi connectivity index (χ1) is 10.5. The number of carbonyl (C=O) groups is 1. The predicted molar refractivity (Wildman–Crippen MR) is 86.7 cm³/mol. The smallest absolute Gasteiger partial charge is 0.227 e. The maximum absolute atomic E-state index is 12.9. The highest BCUT2D eigenvalue weighted by Crippen LogP contribution is 2.24. The van der Waals surface area contributed by atoms with Gasteiger partial charge in [0.1, 0.15) is 0 Å². The van der Waals surface area contributed by atoms with E-state index < -0.39 is 0 Å². The molecule has 3 heterocycles. The van der Waals surface area contributed by atoms with E-state index in [1.54, 1.807) is 0 Å². The highest BCUT2D eigenvalue weighted by Gasteiger charge is 2.34. The molecule has 0 aromatic carbocycles. The third kappa shape index (κ3) is 3.19. The Hall–Kier alpha value is -1.36. The number of nitrogens with zero attached hydrogens (tertiary/aromatic N) is 4. The molecule has 3 rings (SSSR count). The van der Waals surface area contributed by atoms with Gasteiger partial charge in [-0.05, 0) is 59.2 Å². The lowest BCUT2D eigenvalue weighted by molar-refractivity contribution is -0.139. The number of aromatic nitrogens is 2. The molecule has 2 saturated heterocycles. The van der Waals surface area contributed by atoms with Gasteiger partial charge in [0, 0.05) is 18.8 Å². The average Bonchev–Trinajstić information content (AvgIpc) is 3.05. The van der Waals surface area contributed by atoms with Crippen LogP contribution in [0.4, 0.5) is 0 Å². The summed E-state index contributed by atoms with van der Waals surface area (Å²) >= 11 is 0. The summed E-state index contributed by atoms with van der Waals surface area (Å²) in [6, 6.07) is 2.42. The van der Waals surface area contributed by atoms with Gasteiger partial charge < -0.3 is 9.80 Å². The van der Waals surface area contributed by atoms with E-state index in [-0.39, 0.29) is 5.92 Å². The van der Waals surface area contributed by atoms with E-state index >= 15 is 0 Å². The Labute approximate surface area is 133 Å². The minimum Gasteiger partial charge on any atom is -0.338 e. The summed E-state index contributed by atoms with van der Waals surface area (Å²) < 4.78 is 2.08. The lowest BCUT2D eigenvalue weighted by Gasteiger charge is -2.37. The van der Waals surface area contributed by atoms with E-state index in [0.29, 0.717) is 11.9 Å². The fourth-order valence-electron chi connectivity index (χ4n) is 3.91. The van der Waals surface area contributed by atoms with Crippen LogP contribution in [0.2, 0.25) is 0 Å². The molecule has 0 aliphatic carbocycles. The molecule has 5 heteroatoms. The van der Waals surface area contributed by atoms with Crippen molar-refractivity contribution >= 4 is 5.91 Å². The topological polar surface area (TPSA) is 41.4 Å². The first-order valence-electron chi connectivity index (χ1n) is 8.54. The summed E-state index contributed by atoms with van der Waals surface area (Å²) in [5.74, 6) is 0.571. The van der Waals surface area contributed by atoms with Crippen LogP contribution in [0, 0.1) is 19.8 Å². The molecule has 0 saturated carbocycles. The molecule has 0 N–H and O–H groups in total. The first kappa shape index (κ1) is 15.5. The monoisotopic (exact) mass is 304 g/mol. The number of likely N-dealkylation sites (tertiary alicyclic amines) is 2. The summed E-state index contributed by atoms with van der Waals surface area (Å²) in [5.41, 5.74) is 2.25. The van der Waals surface area contributed by atoms with Gasteiger partial charge in [0.05, 0.1) is 24.2 Å². The third-order valence-corrected chi connectivity index (χ3v) is 5.14. The number of aryl methyl sites for hydroxylation is 2. The number of piperidine rings is 1. The van der Waals surface area contributed by atoms with E-state index in [2.05, 4.69) is 39.6 Å². The normalized spacial score (nSPS) is 26.6. The Kier molecular flexibility index (Phi) is 4.52. The van der Waals surface area contributed by atoms with Crippen molar-refractivity contribution in [1.29, 1.82) is 0 Å². The molecule has 0 spiro atoms. The fourth-order valence-corrected chi connectivity index (χ4v) is 3.91. The van der Waals surface area contributed by atoms with Crippen LogP contribution in [0.3, 0.4) is 0 Å². The van der Waals surface area contributed by atoms with Crippen molar-refractivity contribution in [3.8, 4) is 0 Å². The summed E-state index contributed by atoms with van der Waals surface area (Å²) in [7, 11) is 2.11. The van der Waals surface area contributed by atoms with Crippen LogP contribution in [0.15, 0.2) is 6.07 Å². The summed E-state index contributed by atoms with van der Waals surface area (Å²) in [6.45, 7) is 7.86. The second kappa shape index (κ2) is 6.41. The van der Waals surface area contributed by atoms with Crippen LogP contribution in [-0.4, -0.2) is 58.2 Å². The van der Waals surface area contributed by atoms with E-state index in [4.69, 9.17) is 0 Å². The average molecular weight is 304 g/mol. The van der Waals surface area contributed by atoms with Gasteiger partial charge in [-0.3, -0.25) is 9.48 Å². The lowest BCUT2D eigenvalue weighted by atomic mass is 9.98. The van der Waals surface area contributed by atoms with Crippen LogP contribution in [0.1, 0.15) is 37.1 Å². The van der Waals surface area contributed by atoms with Crippen molar-refractivity contribution in [3.05, 3.63) is 17.5 Å². The minimum absolute atomic E-state index is 0.200. The number of amides is 1. The van der Waals surface area contributed by atoms with E-state index in [0.717, 1.165) is 51.1 Å². The van der Waals surface area contributed by atoms with Gasteiger partial charge in [-0.15, -0.1) is 0 Å². The van der Waals surface area contributed by atoms with Gasteiger partial charge in [-0.1, -0.05) is 0 Å². The number of hydrogen-bond donors (Lipinski definition) is 0. The van der Waals surface area contributed by atoms with E-state index in [1.165, 1.54) is 12.1 Å². The maximum Gasteiger partial charge on any atom is 0.227 e. The molecule has 0 bridgehead atoms. The Morgan fingerprint density at radius 2 is 2.09 bits per heavy atom. The van der Waals surface area contributed by atoms with Crippen molar-refractivity contribution in [2.24, 2.45) is 5.92 Å². The summed E-state index contributed by atoms with van der Waals surface area (Å²) in [5, 5.41) is 4.58. The molecule has 2 aliphatic rings. The van der Waals surface area contributed by atoms with Gasteiger partial charge >= 0.3 is 0 Å². The maximum atomic E-state index is 12.9. The van der Waals surface area contributed by atoms with E-state index in [9.17, 15) is 4.79 Å². The van der Waals surface area contributed by atoms with Crippen LogP contribution >= 0.6 is 0 Å². The van der Waals surface area contributed by atoms with Gasteiger partial charge in [0.15, 0.2) is 0 Å². The highest BCUT2D eigenvalue weighted by atomic mass is 16.2. The van der Waals surface area contributed by atoms with Gasteiger partial charge in [0.25, 0.3) is 0 Å². The molecule has 5 nitrogen and oxygen atoms in total. The summed E-state index contributed by atoms with van der Waals surface area (Å²) in [4.78, 5) is 17.3. The Balaban J connectivity index is 1.71. The minimum atomic E-state index is 0.200. The number of carbonyl (C=O) groups excluding carboxylic acids is 1. The van der Waals surface area contributed by atoms with Crippen molar-refractivity contribution in [2.75, 3.05) is 26.7 Å². The molecule has 22 heavy (non-hydrogen) atoms. The lowest BCUT2D eigenvalue weighted by Crippen LogP contribution is -2.48. The predicted octanol–water partition coefficient (Wildman–Crippen LogP) is 1.83. The Morgan fingerprint density at radius 1 is 1.27 bits per heavy atom. The molecule has 0 unspecified atom stereocenters. The largest absolute Gasteiger partial charge is 0.338 e. The van der Waals surface area contributed by atoms with Crippen LogP contribution < -0.4 is 0 Å². The molecule has 122 valence electrons. The number of rotatable bonds is 3. The van der Waals surface area contributed by atoms with Crippen molar-refractivity contribution < 1.29 is 4.79 Å². The van der Waals surface area contributed by atoms with Crippen molar-refractivity contribution in [2.45, 2.75) is 52.1 Å². The summed E-state index contributed by atoms with van der Waals surface area (Å²) in [6.07, 6.45) is 4.48. The molecule has 1 amide bonds. The standard InChI is InChI=1S/C17H28N4O/c1-13-10-14(2)21(18-13)12-16-6-4-5-8-20(16)17(22)15-7-9-19(3)11-15/h10,15-16H,4-9,11-12H2,1-3H3/t15-,16+/m0/s1. The van der Waals surface area contributed by atoms with Crippen molar-refractivity contribution in [1.82, 2.24) is 19.6 Å². The molecule has 2 aliphatic heterocycles. The second-order valence-corrected chi connectivity index (χ2v) is 7.04. The van der Waals surface area contributed by atoms with Crippen molar-refractivity contribution in [3.63, 3.8) is 0 Å². The Morgan fingerprint density at radius 3 is 2.73 bits per heavy atom. The quantitative estimate of drug-likeness (QED) is 0.855. The highest BCUT2D eigenvalue weighted by molar-refractivity contribution is 5.79. The molecule has 2 fully saturated rings. The number of hydrogen-bond acceptors (Lipinski definition) is 3. The molecule has 0 radical (unpaired) electrons. The molecular weight excluding hydrogens is 276 g/mol. The Bertz CT molecular complexity index is 539. The zero-order valence-electron chi connectivity index (χ0n) is 14.1. The van der Waals surface area contributed by atoms with Crippen LogP contribution in [-0.2, 0) is 11.3 Å². The van der Waals surface area contributed by atoms with Gasteiger partial charge in [-0.25, -0.2) is 0 Å². The van der Waals surface area contributed by atoms with Gasteiger partial charge in [0.2, 0.25) is 5.91 Å².